The van der Waals surface area contributed by atoms with Crippen molar-refractivity contribution in [1.29, 1.82) is 0 Å². The maximum Gasteiger partial charge on any atom is 0.392 e. The lowest BCUT2D eigenvalue weighted by Gasteiger charge is -2.02. The quantitative estimate of drug-likeness (QED) is 0.666. The summed E-state index contributed by atoms with van der Waals surface area (Å²) in [7, 11) is 0. The summed E-state index contributed by atoms with van der Waals surface area (Å²) in [5, 5.41) is 8.45. The van der Waals surface area contributed by atoms with E-state index in [9.17, 15) is 18.0 Å². The lowest BCUT2D eigenvalue weighted by atomic mass is 10.2. The Morgan fingerprint density at radius 3 is 2.25 bits per heavy atom. The van der Waals surface area contributed by atoms with Gasteiger partial charge in [0.2, 0.25) is 0 Å². The van der Waals surface area contributed by atoms with Gasteiger partial charge < -0.3 is 5.11 Å². The third-order valence-electron chi connectivity index (χ3n) is 2.93. The first-order chi connectivity index (χ1) is 5.38. The molecular weight excluding hydrogens is 173 g/mol. The molecule has 0 aromatic carbocycles. The number of carboxylic acids is 1. The van der Waals surface area contributed by atoms with Gasteiger partial charge in [-0.15, -0.1) is 0 Å². The van der Waals surface area contributed by atoms with Gasteiger partial charge in [0.1, 0.15) is 0 Å². The normalized spacial score (nSPS) is 44.6. The predicted molar refractivity (Wildman–Crippen MR) is 32.3 cm³/mol. The van der Waals surface area contributed by atoms with Crippen molar-refractivity contribution in [3.05, 3.63) is 0 Å². The highest BCUT2D eigenvalue weighted by Crippen LogP contribution is 2.78. The highest BCUT2D eigenvalue weighted by Gasteiger charge is 2.80. The minimum atomic E-state index is -4.19. The van der Waals surface area contributed by atoms with E-state index in [4.69, 9.17) is 5.11 Å². The van der Waals surface area contributed by atoms with Crippen LogP contribution < -0.4 is 0 Å². The first kappa shape index (κ1) is 7.89. The maximum atomic E-state index is 12.0. The Balaban J connectivity index is 2.02. The number of carboxylic acid groups (broad SMARTS) is 1. The topological polar surface area (TPSA) is 37.3 Å². The first-order valence-corrected chi connectivity index (χ1v) is 3.67. The van der Waals surface area contributed by atoms with Crippen molar-refractivity contribution in [3.63, 3.8) is 0 Å². The highest BCUT2D eigenvalue weighted by atomic mass is 19.4. The molecule has 0 amide bonds. The van der Waals surface area contributed by atoms with Crippen molar-refractivity contribution in [3.8, 4) is 0 Å². The third-order valence-corrected chi connectivity index (χ3v) is 2.93. The Hall–Kier alpha value is -0.740. The second-order valence-corrected chi connectivity index (χ2v) is 3.63. The second-order valence-electron chi connectivity index (χ2n) is 3.63. The van der Waals surface area contributed by atoms with Crippen LogP contribution in [-0.4, -0.2) is 17.3 Å². The summed E-state index contributed by atoms with van der Waals surface area (Å²) in [6.45, 7) is 0. The predicted octanol–water partition coefficient (Wildman–Crippen LogP) is 1.66. The molecule has 0 bridgehead atoms. The molecule has 2 aliphatic carbocycles. The summed E-state index contributed by atoms with van der Waals surface area (Å²) in [5.74, 6) is -3.16. The Morgan fingerprint density at radius 2 is 2.00 bits per heavy atom. The third kappa shape index (κ3) is 0.850. The molecule has 68 valence electrons. The largest absolute Gasteiger partial charge is 0.481 e. The molecule has 3 atom stereocenters. The monoisotopic (exact) mass is 180 g/mol. The van der Waals surface area contributed by atoms with Crippen LogP contribution in [0, 0.1) is 17.3 Å². The molecule has 2 saturated carbocycles. The van der Waals surface area contributed by atoms with Crippen LogP contribution in [0.4, 0.5) is 13.2 Å². The van der Waals surface area contributed by atoms with Crippen molar-refractivity contribution in [2.75, 3.05) is 0 Å². The van der Waals surface area contributed by atoms with E-state index >= 15 is 0 Å². The van der Waals surface area contributed by atoms with Crippen LogP contribution in [-0.2, 0) is 4.79 Å². The summed E-state index contributed by atoms with van der Waals surface area (Å²) in [6, 6.07) is 0. The first-order valence-electron chi connectivity index (χ1n) is 3.67. The molecule has 3 unspecified atom stereocenters. The molecule has 2 fully saturated rings. The molecule has 2 rings (SSSR count). The Labute approximate surface area is 66.4 Å². The zero-order valence-electron chi connectivity index (χ0n) is 6.06. The fourth-order valence-electron chi connectivity index (χ4n) is 2.03. The van der Waals surface area contributed by atoms with Gasteiger partial charge in [0.25, 0.3) is 0 Å². The summed E-state index contributed by atoms with van der Waals surface area (Å²) >= 11 is 0. The van der Waals surface area contributed by atoms with E-state index in [1.54, 1.807) is 0 Å². The van der Waals surface area contributed by atoms with E-state index in [1.807, 2.05) is 0 Å². The zero-order valence-corrected chi connectivity index (χ0v) is 6.06. The summed E-state index contributed by atoms with van der Waals surface area (Å²) < 4.78 is 36.1. The van der Waals surface area contributed by atoms with Crippen LogP contribution in [0.15, 0.2) is 0 Å². The van der Waals surface area contributed by atoms with Gasteiger partial charge in [-0.05, 0) is 18.3 Å². The summed E-state index contributed by atoms with van der Waals surface area (Å²) in [5.41, 5.74) is -0.885. The standard InChI is InChI=1S/C7H7F3O2/c8-7(9,10)4-2-6(4)1-3(6)5(11)12/h3-4H,1-2H2,(H,11,12). The van der Waals surface area contributed by atoms with Crippen molar-refractivity contribution in [2.24, 2.45) is 17.3 Å². The van der Waals surface area contributed by atoms with Gasteiger partial charge in [0.15, 0.2) is 0 Å². The fraction of sp³-hybridized carbons (Fsp3) is 0.857. The van der Waals surface area contributed by atoms with E-state index in [0.717, 1.165) is 0 Å². The summed E-state index contributed by atoms with van der Waals surface area (Å²) in [6.07, 6.45) is -3.95. The second kappa shape index (κ2) is 1.78. The van der Waals surface area contributed by atoms with E-state index < -0.39 is 29.4 Å². The van der Waals surface area contributed by atoms with Gasteiger partial charge in [-0.25, -0.2) is 0 Å². The molecule has 5 heteroatoms. The number of hydrogen-bond acceptors (Lipinski definition) is 1. The molecule has 0 radical (unpaired) electrons. The van der Waals surface area contributed by atoms with Crippen molar-refractivity contribution in [1.82, 2.24) is 0 Å². The zero-order chi connectivity index (χ0) is 9.15. The van der Waals surface area contributed by atoms with Gasteiger partial charge >= 0.3 is 12.1 Å². The number of rotatable bonds is 1. The van der Waals surface area contributed by atoms with E-state index in [1.165, 1.54) is 0 Å². The molecule has 2 aliphatic rings. The molecule has 0 heterocycles. The van der Waals surface area contributed by atoms with Gasteiger partial charge in [0.05, 0.1) is 11.8 Å². The Bertz CT molecular complexity index is 248. The van der Waals surface area contributed by atoms with Gasteiger partial charge in [-0.1, -0.05) is 0 Å². The van der Waals surface area contributed by atoms with Gasteiger partial charge in [-0.3, -0.25) is 4.79 Å². The number of halogens is 3. The maximum absolute atomic E-state index is 12.0. The molecule has 12 heavy (non-hydrogen) atoms. The average molecular weight is 180 g/mol. The fourth-order valence-corrected chi connectivity index (χ4v) is 2.03. The van der Waals surface area contributed by atoms with Crippen molar-refractivity contribution < 1.29 is 23.1 Å². The molecule has 0 aromatic heterocycles. The average Bonchev–Trinajstić information content (AvgIpc) is 2.69. The SMILES string of the molecule is O=C(O)C1CC12CC2C(F)(F)F. The lowest BCUT2D eigenvalue weighted by molar-refractivity contribution is -0.153. The molecule has 0 saturated heterocycles. The van der Waals surface area contributed by atoms with E-state index in [0.29, 0.717) is 0 Å². The highest BCUT2D eigenvalue weighted by molar-refractivity contribution is 5.76. The number of hydrogen-bond donors (Lipinski definition) is 1. The van der Waals surface area contributed by atoms with Crippen molar-refractivity contribution in [2.45, 2.75) is 19.0 Å². The van der Waals surface area contributed by atoms with Crippen LogP contribution in [0.1, 0.15) is 12.8 Å². The minimum absolute atomic E-state index is 0.0213. The van der Waals surface area contributed by atoms with Crippen LogP contribution in [0.5, 0.6) is 0 Å². The Kier molecular flexibility index (Phi) is 1.17. The molecule has 1 spiro atoms. The van der Waals surface area contributed by atoms with Gasteiger partial charge in [-0.2, -0.15) is 13.2 Å². The number of aliphatic carboxylic acids is 1. The lowest BCUT2D eigenvalue weighted by Crippen LogP contribution is -2.13. The van der Waals surface area contributed by atoms with Crippen LogP contribution >= 0.6 is 0 Å². The summed E-state index contributed by atoms with van der Waals surface area (Å²) in [4.78, 5) is 10.3. The van der Waals surface area contributed by atoms with Crippen molar-refractivity contribution >= 4 is 5.97 Å². The molecule has 2 nitrogen and oxygen atoms in total. The van der Waals surface area contributed by atoms with Gasteiger partial charge in [0, 0.05) is 0 Å². The van der Waals surface area contributed by atoms with E-state index in [-0.39, 0.29) is 12.8 Å². The van der Waals surface area contributed by atoms with Crippen LogP contribution in [0.2, 0.25) is 0 Å². The number of carbonyl (C=O) groups is 1. The molecule has 0 aliphatic heterocycles. The molecule has 1 N–H and O–H groups in total. The minimum Gasteiger partial charge on any atom is -0.481 e. The molecular formula is C7H7F3O2. The molecule has 0 aromatic rings. The van der Waals surface area contributed by atoms with Crippen LogP contribution in [0.3, 0.4) is 0 Å². The van der Waals surface area contributed by atoms with Crippen LogP contribution in [0.25, 0.3) is 0 Å². The number of alkyl halides is 3. The van der Waals surface area contributed by atoms with E-state index in [2.05, 4.69) is 0 Å². The smallest absolute Gasteiger partial charge is 0.392 e. The Morgan fingerprint density at radius 1 is 1.42 bits per heavy atom.